The van der Waals surface area contributed by atoms with Crippen LogP contribution in [0, 0.1) is 0 Å². The summed E-state index contributed by atoms with van der Waals surface area (Å²) in [6.07, 6.45) is 4.07. The minimum atomic E-state index is -0.216. The number of ether oxygens (including phenoxy) is 1. The number of likely N-dealkylation sites (tertiary alicyclic amines) is 1. The largest absolute Gasteiger partial charge is 0.377 e. The lowest BCUT2D eigenvalue weighted by atomic mass is 10.1. The Morgan fingerprint density at radius 1 is 1.07 bits per heavy atom. The molecular formula is C21H37IN4O. The predicted molar refractivity (Wildman–Crippen MR) is 125 cm³/mol. The third-order valence-corrected chi connectivity index (χ3v) is 4.88. The normalized spacial score (nSPS) is 15.9. The molecule has 1 saturated heterocycles. The van der Waals surface area contributed by atoms with Gasteiger partial charge in [-0.3, -0.25) is 4.90 Å². The molecular weight excluding hydrogens is 451 g/mol. The maximum Gasteiger partial charge on any atom is 0.191 e. The zero-order chi connectivity index (χ0) is 18.8. The molecule has 2 N–H and O–H groups in total. The Kier molecular flexibility index (Phi) is 11.3. The van der Waals surface area contributed by atoms with Crippen LogP contribution in [0.2, 0.25) is 0 Å². The first-order valence-electron chi connectivity index (χ1n) is 9.90. The molecule has 1 aromatic carbocycles. The molecule has 5 nitrogen and oxygen atoms in total. The highest BCUT2D eigenvalue weighted by atomic mass is 127. The van der Waals surface area contributed by atoms with Crippen molar-refractivity contribution in [3.63, 3.8) is 0 Å². The molecule has 6 heteroatoms. The minimum Gasteiger partial charge on any atom is -0.377 e. The topological polar surface area (TPSA) is 48.9 Å². The van der Waals surface area contributed by atoms with E-state index in [4.69, 9.17) is 9.73 Å². The van der Waals surface area contributed by atoms with Gasteiger partial charge in [0.1, 0.15) is 0 Å². The van der Waals surface area contributed by atoms with Gasteiger partial charge < -0.3 is 15.4 Å². The molecule has 1 aliphatic heterocycles. The molecule has 27 heavy (non-hydrogen) atoms. The van der Waals surface area contributed by atoms with E-state index in [1.165, 1.54) is 43.5 Å². The fourth-order valence-corrected chi connectivity index (χ4v) is 3.01. The van der Waals surface area contributed by atoms with Gasteiger partial charge in [-0.25, -0.2) is 4.99 Å². The molecule has 0 atom stereocenters. The highest BCUT2D eigenvalue weighted by Crippen LogP contribution is 2.14. The van der Waals surface area contributed by atoms with Crippen molar-refractivity contribution in [1.82, 2.24) is 15.5 Å². The van der Waals surface area contributed by atoms with Crippen LogP contribution in [0.5, 0.6) is 0 Å². The maximum atomic E-state index is 5.46. The van der Waals surface area contributed by atoms with E-state index in [9.17, 15) is 0 Å². The van der Waals surface area contributed by atoms with Crippen molar-refractivity contribution in [3.8, 4) is 0 Å². The number of rotatable bonds is 8. The van der Waals surface area contributed by atoms with Crippen LogP contribution in [0.3, 0.4) is 0 Å². The molecule has 0 aromatic heterocycles. The monoisotopic (exact) mass is 488 g/mol. The SMILES string of the molecule is CCNC(=NCc1ccc(CN2CCCCC2)cc1)NCC(C)(C)OC.I. The molecule has 1 fully saturated rings. The Hall–Kier alpha value is -0.860. The Balaban J connectivity index is 0.00000364. The standard InChI is InChI=1S/C21H36N4O.HI/c1-5-22-20(24-17-21(2,3)26-4)23-15-18-9-11-19(12-10-18)16-25-13-7-6-8-14-25;/h9-12H,5-8,13-17H2,1-4H3,(H2,22,23,24);1H. The van der Waals surface area contributed by atoms with Crippen molar-refractivity contribution in [2.24, 2.45) is 4.99 Å². The smallest absolute Gasteiger partial charge is 0.191 e. The number of methoxy groups -OCH3 is 1. The second-order valence-corrected chi connectivity index (χ2v) is 7.67. The summed E-state index contributed by atoms with van der Waals surface area (Å²) < 4.78 is 5.46. The van der Waals surface area contributed by atoms with E-state index in [2.05, 4.69) is 60.6 Å². The summed E-state index contributed by atoms with van der Waals surface area (Å²) in [7, 11) is 1.73. The van der Waals surface area contributed by atoms with Gasteiger partial charge in [-0.15, -0.1) is 24.0 Å². The fourth-order valence-electron chi connectivity index (χ4n) is 3.01. The van der Waals surface area contributed by atoms with Gasteiger partial charge in [-0.1, -0.05) is 30.7 Å². The number of nitrogens with zero attached hydrogens (tertiary/aromatic N) is 2. The molecule has 0 radical (unpaired) electrons. The van der Waals surface area contributed by atoms with Crippen molar-refractivity contribution in [1.29, 1.82) is 0 Å². The molecule has 0 amide bonds. The lowest BCUT2D eigenvalue weighted by molar-refractivity contribution is 0.0268. The molecule has 0 bridgehead atoms. The van der Waals surface area contributed by atoms with Crippen LogP contribution in [0.25, 0.3) is 0 Å². The summed E-state index contributed by atoms with van der Waals surface area (Å²) in [5, 5.41) is 6.65. The van der Waals surface area contributed by atoms with Crippen LogP contribution in [0.15, 0.2) is 29.3 Å². The van der Waals surface area contributed by atoms with Gasteiger partial charge in [0.2, 0.25) is 0 Å². The second-order valence-electron chi connectivity index (χ2n) is 7.67. The highest BCUT2D eigenvalue weighted by molar-refractivity contribution is 14.0. The molecule has 0 saturated carbocycles. The summed E-state index contributed by atoms with van der Waals surface area (Å²) in [5.41, 5.74) is 2.41. The predicted octanol–water partition coefficient (Wildman–Crippen LogP) is 3.77. The van der Waals surface area contributed by atoms with Gasteiger partial charge in [0.25, 0.3) is 0 Å². The highest BCUT2D eigenvalue weighted by Gasteiger charge is 2.16. The Morgan fingerprint density at radius 3 is 2.30 bits per heavy atom. The summed E-state index contributed by atoms with van der Waals surface area (Å²) in [6.45, 7) is 12.0. The van der Waals surface area contributed by atoms with Crippen LogP contribution in [-0.4, -0.2) is 49.7 Å². The van der Waals surface area contributed by atoms with Gasteiger partial charge in [-0.2, -0.15) is 0 Å². The summed E-state index contributed by atoms with van der Waals surface area (Å²) in [4.78, 5) is 7.25. The number of aliphatic imine (C=N–C) groups is 1. The number of guanidine groups is 1. The fraction of sp³-hybridized carbons (Fsp3) is 0.667. The molecule has 0 spiro atoms. The first-order valence-corrected chi connectivity index (χ1v) is 9.90. The van der Waals surface area contributed by atoms with Gasteiger partial charge in [0.15, 0.2) is 5.96 Å². The van der Waals surface area contributed by atoms with Gasteiger partial charge in [0, 0.05) is 26.7 Å². The van der Waals surface area contributed by atoms with Crippen LogP contribution < -0.4 is 10.6 Å². The Labute approximate surface area is 182 Å². The van der Waals surface area contributed by atoms with Crippen LogP contribution in [0.4, 0.5) is 0 Å². The van der Waals surface area contributed by atoms with E-state index >= 15 is 0 Å². The molecule has 0 unspecified atom stereocenters. The summed E-state index contributed by atoms with van der Waals surface area (Å²) in [6, 6.07) is 8.89. The van der Waals surface area contributed by atoms with Crippen molar-refractivity contribution < 1.29 is 4.74 Å². The summed E-state index contributed by atoms with van der Waals surface area (Å²) >= 11 is 0. The van der Waals surface area contributed by atoms with E-state index in [-0.39, 0.29) is 29.6 Å². The number of hydrogen-bond donors (Lipinski definition) is 2. The number of hydrogen-bond acceptors (Lipinski definition) is 3. The molecule has 1 heterocycles. The quantitative estimate of drug-likeness (QED) is 0.332. The Bertz CT molecular complexity index is 554. The van der Waals surface area contributed by atoms with E-state index in [1.54, 1.807) is 7.11 Å². The summed E-state index contributed by atoms with van der Waals surface area (Å²) in [5.74, 6) is 0.829. The van der Waals surface area contributed by atoms with Crippen molar-refractivity contribution in [2.45, 2.75) is 58.7 Å². The first-order chi connectivity index (χ1) is 12.5. The molecule has 0 aliphatic carbocycles. The lowest BCUT2D eigenvalue weighted by Crippen LogP contribution is -2.45. The minimum absolute atomic E-state index is 0. The van der Waals surface area contributed by atoms with E-state index in [0.29, 0.717) is 13.1 Å². The number of halogens is 1. The van der Waals surface area contributed by atoms with Gasteiger partial charge in [-0.05, 0) is 57.8 Å². The maximum absolute atomic E-state index is 5.46. The van der Waals surface area contributed by atoms with E-state index in [1.807, 2.05) is 0 Å². The Morgan fingerprint density at radius 2 is 1.70 bits per heavy atom. The van der Waals surface area contributed by atoms with Crippen LogP contribution in [0.1, 0.15) is 51.2 Å². The van der Waals surface area contributed by atoms with E-state index in [0.717, 1.165) is 19.0 Å². The average Bonchev–Trinajstić information content (AvgIpc) is 2.66. The number of piperidine rings is 1. The zero-order valence-electron chi connectivity index (χ0n) is 17.4. The zero-order valence-corrected chi connectivity index (χ0v) is 19.7. The van der Waals surface area contributed by atoms with E-state index < -0.39 is 0 Å². The number of benzene rings is 1. The van der Waals surface area contributed by atoms with Crippen molar-refractivity contribution in [3.05, 3.63) is 35.4 Å². The molecule has 154 valence electrons. The molecule has 2 rings (SSSR count). The van der Waals surface area contributed by atoms with Crippen molar-refractivity contribution in [2.75, 3.05) is 33.3 Å². The van der Waals surface area contributed by atoms with Crippen molar-refractivity contribution >= 4 is 29.9 Å². The van der Waals surface area contributed by atoms with Gasteiger partial charge >= 0.3 is 0 Å². The molecule has 1 aromatic rings. The second kappa shape index (κ2) is 12.6. The average molecular weight is 488 g/mol. The van der Waals surface area contributed by atoms with Crippen LogP contribution >= 0.6 is 24.0 Å². The molecule has 1 aliphatic rings. The lowest BCUT2D eigenvalue weighted by Gasteiger charge is -2.26. The first kappa shape index (κ1) is 24.2. The van der Waals surface area contributed by atoms with Gasteiger partial charge in [0.05, 0.1) is 12.1 Å². The third kappa shape index (κ3) is 9.25. The van der Waals surface area contributed by atoms with Crippen LogP contribution in [-0.2, 0) is 17.8 Å². The number of nitrogens with one attached hydrogen (secondary N) is 2. The third-order valence-electron chi connectivity index (χ3n) is 4.88.